The van der Waals surface area contributed by atoms with Gasteiger partial charge in [0.05, 0.1) is 5.56 Å². The van der Waals surface area contributed by atoms with E-state index in [4.69, 9.17) is 4.42 Å². The number of benzene rings is 10. The Kier molecular flexibility index (Phi) is 7.39. The normalized spacial score (nSPS) is 12.1. The maximum Gasteiger partial charge on any atom is 0.416 e. The summed E-state index contributed by atoms with van der Waals surface area (Å²) in [5.41, 5.74) is 9.38. The number of halogens is 3. The van der Waals surface area contributed by atoms with Gasteiger partial charge in [0.1, 0.15) is 11.2 Å². The minimum absolute atomic E-state index is 0.662. The highest BCUT2D eigenvalue weighted by Gasteiger charge is 2.30. The fraction of sp³-hybridized carbons (Fsp3) is 0.0189. The molecule has 11 rings (SSSR count). The van der Waals surface area contributed by atoms with Crippen molar-refractivity contribution in [3.63, 3.8) is 0 Å². The second-order valence-corrected chi connectivity index (χ2v) is 14.6. The summed E-state index contributed by atoms with van der Waals surface area (Å²) in [5, 5.41) is 10.9. The molecule has 0 aliphatic rings. The summed E-state index contributed by atoms with van der Waals surface area (Å²) in [6.45, 7) is 0. The Labute approximate surface area is 325 Å². The van der Waals surface area contributed by atoms with Crippen molar-refractivity contribution >= 4 is 65.0 Å². The van der Waals surface area contributed by atoms with E-state index in [1.165, 1.54) is 50.4 Å². The van der Waals surface area contributed by atoms with Crippen molar-refractivity contribution in [3.8, 4) is 44.5 Å². The van der Waals surface area contributed by atoms with Crippen LogP contribution in [0.1, 0.15) is 5.56 Å². The van der Waals surface area contributed by atoms with Crippen molar-refractivity contribution in [1.82, 2.24) is 0 Å². The van der Waals surface area contributed by atoms with Crippen molar-refractivity contribution in [3.05, 3.63) is 194 Å². The van der Waals surface area contributed by atoms with Crippen molar-refractivity contribution in [2.24, 2.45) is 0 Å². The molecule has 0 aliphatic heterocycles. The van der Waals surface area contributed by atoms with Gasteiger partial charge in [-0.2, -0.15) is 13.2 Å². The Bertz CT molecular complexity index is 3260. The van der Waals surface area contributed by atoms with Crippen molar-refractivity contribution < 1.29 is 17.6 Å². The van der Waals surface area contributed by atoms with Crippen molar-refractivity contribution in [2.75, 3.05) is 0 Å². The predicted molar refractivity (Wildman–Crippen MR) is 230 cm³/mol. The summed E-state index contributed by atoms with van der Waals surface area (Å²) >= 11 is 0. The van der Waals surface area contributed by atoms with E-state index in [2.05, 4.69) is 140 Å². The zero-order valence-electron chi connectivity index (χ0n) is 30.4. The molecule has 4 heteroatoms. The average molecular weight is 741 g/mol. The first kappa shape index (κ1) is 33.2. The molecule has 0 aliphatic carbocycles. The molecule has 270 valence electrons. The fourth-order valence-corrected chi connectivity index (χ4v) is 9.02. The minimum atomic E-state index is -4.40. The van der Waals surface area contributed by atoms with Gasteiger partial charge in [-0.25, -0.2) is 0 Å². The fourth-order valence-electron chi connectivity index (χ4n) is 9.02. The van der Waals surface area contributed by atoms with Crippen LogP contribution in [0.15, 0.2) is 192 Å². The Morgan fingerprint density at radius 2 is 0.649 bits per heavy atom. The standard InChI is InChI=1S/C53H31F3O/c54-53(55,56)36-26-22-33(23-27-36)50-40-16-6-10-20-44(40)52(45-21-11-7-17-41(45)50)35-24-28-37-46-30-34(25-29-47(46)57-48(37)31-35)51-42-18-8-4-14-38(42)49(32-12-2-1-3-13-32)39-15-5-9-19-43(39)51/h1-31H. The first-order valence-electron chi connectivity index (χ1n) is 19.0. The van der Waals surface area contributed by atoms with E-state index >= 15 is 0 Å². The van der Waals surface area contributed by atoms with Crippen molar-refractivity contribution in [1.29, 1.82) is 0 Å². The second kappa shape index (κ2) is 12.7. The van der Waals surface area contributed by atoms with Crippen LogP contribution in [0.2, 0.25) is 0 Å². The zero-order chi connectivity index (χ0) is 38.3. The highest BCUT2D eigenvalue weighted by Crippen LogP contribution is 2.47. The van der Waals surface area contributed by atoms with Gasteiger partial charge in [0, 0.05) is 10.8 Å². The van der Waals surface area contributed by atoms with Crippen molar-refractivity contribution in [2.45, 2.75) is 6.18 Å². The maximum atomic E-state index is 13.5. The van der Waals surface area contributed by atoms with Crippen LogP contribution in [-0.2, 0) is 6.18 Å². The molecule has 11 aromatic rings. The third-order valence-electron chi connectivity index (χ3n) is 11.5. The van der Waals surface area contributed by atoms with Gasteiger partial charge in [-0.15, -0.1) is 0 Å². The Hall–Kier alpha value is -7.17. The molecule has 57 heavy (non-hydrogen) atoms. The minimum Gasteiger partial charge on any atom is -0.456 e. The van der Waals surface area contributed by atoms with Gasteiger partial charge in [-0.1, -0.05) is 152 Å². The van der Waals surface area contributed by atoms with Gasteiger partial charge >= 0.3 is 6.18 Å². The topological polar surface area (TPSA) is 13.1 Å². The second-order valence-electron chi connectivity index (χ2n) is 14.6. The lowest BCUT2D eigenvalue weighted by atomic mass is 9.85. The van der Waals surface area contributed by atoms with Crippen LogP contribution in [-0.4, -0.2) is 0 Å². The van der Waals surface area contributed by atoms with Crippen LogP contribution in [0, 0.1) is 0 Å². The van der Waals surface area contributed by atoms with E-state index < -0.39 is 11.7 Å². The van der Waals surface area contributed by atoms with E-state index in [1.54, 1.807) is 12.1 Å². The molecule has 1 aromatic heterocycles. The summed E-state index contributed by atoms with van der Waals surface area (Å²) in [7, 11) is 0. The van der Waals surface area contributed by atoms with E-state index in [1.807, 2.05) is 24.3 Å². The molecule has 0 radical (unpaired) electrons. The molecule has 10 aromatic carbocycles. The molecule has 0 fully saturated rings. The van der Waals surface area contributed by atoms with Crippen LogP contribution < -0.4 is 0 Å². The summed E-state index contributed by atoms with van der Waals surface area (Å²) in [4.78, 5) is 0. The summed E-state index contributed by atoms with van der Waals surface area (Å²) in [6, 6.07) is 62.7. The third kappa shape index (κ3) is 5.25. The predicted octanol–water partition coefficient (Wildman–Crippen LogP) is 15.9. The summed E-state index contributed by atoms with van der Waals surface area (Å²) in [5.74, 6) is 0. The number of hydrogen-bond donors (Lipinski definition) is 0. The van der Waals surface area contributed by atoms with Crippen LogP contribution in [0.4, 0.5) is 13.2 Å². The molecule has 0 amide bonds. The summed E-state index contributed by atoms with van der Waals surface area (Å²) < 4.78 is 47.2. The van der Waals surface area contributed by atoms with Gasteiger partial charge in [0.25, 0.3) is 0 Å². The van der Waals surface area contributed by atoms with Gasteiger partial charge < -0.3 is 4.42 Å². The van der Waals surface area contributed by atoms with Crippen LogP contribution in [0.3, 0.4) is 0 Å². The van der Waals surface area contributed by atoms with Gasteiger partial charge in [-0.05, 0) is 124 Å². The molecule has 0 N–H and O–H groups in total. The van der Waals surface area contributed by atoms with Gasteiger partial charge in [-0.3, -0.25) is 0 Å². The lowest BCUT2D eigenvalue weighted by Gasteiger charge is -2.18. The molecule has 0 saturated carbocycles. The molecule has 0 atom stereocenters. The monoisotopic (exact) mass is 740 g/mol. The maximum absolute atomic E-state index is 13.5. The highest BCUT2D eigenvalue weighted by molar-refractivity contribution is 6.24. The van der Waals surface area contributed by atoms with E-state index in [9.17, 15) is 13.2 Å². The largest absolute Gasteiger partial charge is 0.456 e. The number of fused-ring (bicyclic) bond motifs is 7. The van der Waals surface area contributed by atoms with Gasteiger partial charge in [0.2, 0.25) is 0 Å². The SMILES string of the molecule is FC(F)(F)c1ccc(-c2c3ccccc3c(-c3ccc4c(c3)oc3ccc(-c5c6ccccc6c(-c6ccccc6)c6ccccc56)cc34)c3ccccc23)cc1. The molecule has 0 unspecified atom stereocenters. The van der Waals surface area contributed by atoms with Crippen LogP contribution >= 0.6 is 0 Å². The summed E-state index contributed by atoms with van der Waals surface area (Å²) in [6.07, 6.45) is -4.40. The number of rotatable bonds is 4. The molecule has 0 bridgehead atoms. The first-order chi connectivity index (χ1) is 27.9. The molecule has 1 heterocycles. The van der Waals surface area contributed by atoms with Crippen LogP contribution in [0.25, 0.3) is 110 Å². The number of hydrogen-bond acceptors (Lipinski definition) is 1. The first-order valence-corrected chi connectivity index (χ1v) is 19.0. The molecule has 0 saturated heterocycles. The average Bonchev–Trinajstić information content (AvgIpc) is 3.62. The van der Waals surface area contributed by atoms with Gasteiger partial charge in [0.15, 0.2) is 0 Å². The number of alkyl halides is 3. The lowest BCUT2D eigenvalue weighted by Crippen LogP contribution is -2.04. The Balaban J connectivity index is 1.10. The van der Waals surface area contributed by atoms with E-state index in [0.29, 0.717) is 0 Å². The van der Waals surface area contributed by atoms with Crippen LogP contribution in [0.5, 0.6) is 0 Å². The Morgan fingerprint density at radius 1 is 0.281 bits per heavy atom. The van der Waals surface area contributed by atoms with E-state index in [-0.39, 0.29) is 0 Å². The molecule has 1 nitrogen and oxygen atoms in total. The molecular formula is C53H31F3O. The quantitative estimate of drug-likeness (QED) is 0.164. The smallest absolute Gasteiger partial charge is 0.416 e. The molecular weight excluding hydrogens is 710 g/mol. The highest BCUT2D eigenvalue weighted by atomic mass is 19.4. The zero-order valence-corrected chi connectivity index (χ0v) is 30.4. The lowest BCUT2D eigenvalue weighted by molar-refractivity contribution is -0.137. The third-order valence-corrected chi connectivity index (χ3v) is 11.5. The Morgan fingerprint density at radius 3 is 1.11 bits per heavy atom. The molecule has 0 spiro atoms. The van der Waals surface area contributed by atoms with E-state index in [0.717, 1.165) is 71.3 Å². The number of furan rings is 1.